The first kappa shape index (κ1) is 20.4. The lowest BCUT2D eigenvalue weighted by Crippen LogP contribution is -2.18. The van der Waals surface area contributed by atoms with Gasteiger partial charge in [-0.15, -0.1) is 0 Å². The second kappa shape index (κ2) is 8.19. The van der Waals surface area contributed by atoms with E-state index in [4.69, 9.17) is 4.74 Å². The maximum atomic E-state index is 14.6. The number of aromatic carboxylic acids is 1. The lowest BCUT2D eigenvalue weighted by atomic mass is 9.99. The summed E-state index contributed by atoms with van der Waals surface area (Å²) in [7, 11) is 6.54. The van der Waals surface area contributed by atoms with E-state index in [1.165, 1.54) is 26.3 Å². The molecule has 0 radical (unpaired) electrons. The Morgan fingerprint density at radius 2 is 1.96 bits per heavy atom. The predicted octanol–water partition coefficient (Wildman–Crippen LogP) is 3.06. The summed E-state index contributed by atoms with van der Waals surface area (Å²) < 4.78 is 24.4. The summed E-state index contributed by atoms with van der Waals surface area (Å²) >= 11 is -2.51. The van der Waals surface area contributed by atoms with Crippen LogP contribution in [0.5, 0.6) is 0 Å². The number of ether oxygens (including phenoxy) is 1. The molecule has 2 rings (SSSR count). The number of anilines is 1. The first-order valence-electron chi connectivity index (χ1n) is 7.62. The normalized spacial score (nSPS) is 15.3. The molecule has 0 spiro atoms. The highest BCUT2D eigenvalue weighted by atomic mass is 127. The van der Waals surface area contributed by atoms with E-state index in [1.807, 2.05) is 0 Å². The number of hydrogen-bond donors (Lipinski definition) is 2. The number of hydrogen-bond acceptors (Lipinski definition) is 5. The summed E-state index contributed by atoms with van der Waals surface area (Å²) in [6.45, 7) is 0.113. The average Bonchev–Trinajstić information content (AvgIpc) is 2.57. The van der Waals surface area contributed by atoms with Crippen molar-refractivity contribution in [1.82, 2.24) is 5.06 Å². The molecule has 0 amide bonds. The Kier molecular flexibility index (Phi) is 6.43. The number of rotatable bonds is 6. The van der Waals surface area contributed by atoms with Crippen LogP contribution in [0.4, 0.5) is 10.1 Å². The average molecular weight is 476 g/mol. The zero-order chi connectivity index (χ0) is 19.6. The highest BCUT2D eigenvalue weighted by Crippen LogP contribution is 2.41. The van der Waals surface area contributed by atoms with Gasteiger partial charge in [-0.2, -0.15) is 5.06 Å². The van der Waals surface area contributed by atoms with Crippen LogP contribution < -0.4 is 4.90 Å². The minimum absolute atomic E-state index is 0.0966. The Balaban J connectivity index is 2.74. The largest absolute Gasteiger partial charge is 0.495 e. The number of allylic oxidation sites excluding steroid dienone is 2. The van der Waals surface area contributed by atoms with Crippen LogP contribution in [0.1, 0.15) is 15.9 Å². The minimum atomic E-state index is -2.51. The summed E-state index contributed by atoms with van der Waals surface area (Å²) in [4.78, 5) is 13.3. The summed E-state index contributed by atoms with van der Waals surface area (Å²) in [6, 6.07) is 4.81. The number of carbonyl (C=O) groups is 1. The number of likely N-dealkylation sites (N-methyl/N-ethyl adjacent to an activating group) is 1. The summed E-state index contributed by atoms with van der Waals surface area (Å²) in [5.74, 6) is -0.626. The Morgan fingerprint density at radius 3 is 2.46 bits per heavy atom. The van der Waals surface area contributed by atoms with E-state index in [9.17, 15) is 19.5 Å². The van der Waals surface area contributed by atoms with Gasteiger partial charge in [-0.1, -0.05) is 23.4 Å². The Labute approximate surface area is 158 Å². The predicted molar refractivity (Wildman–Crippen MR) is 111 cm³/mol. The molecule has 6 nitrogen and oxygen atoms in total. The number of methoxy groups -OCH3 is 1. The smallest absolute Gasteiger partial charge is 0.335 e. The van der Waals surface area contributed by atoms with Gasteiger partial charge in [-0.3, -0.25) is 0 Å². The van der Waals surface area contributed by atoms with Crippen LogP contribution in [-0.4, -0.2) is 64.4 Å². The minimum Gasteiger partial charge on any atom is -0.495 e. The number of halogens is 2. The molecule has 0 atom stereocenters. The molecule has 0 aliphatic carbocycles. The van der Waals surface area contributed by atoms with Crippen molar-refractivity contribution in [2.24, 2.45) is 0 Å². The summed E-state index contributed by atoms with van der Waals surface area (Å²) in [5, 5.41) is 20.0. The molecule has 0 saturated heterocycles. The van der Waals surface area contributed by atoms with Crippen molar-refractivity contribution in [3.63, 3.8) is 0 Å². The quantitative estimate of drug-likeness (QED) is 0.486. The van der Waals surface area contributed by atoms with E-state index in [0.29, 0.717) is 26.2 Å². The SMILES string of the molecule is C=I1=C(F)C=C(c2cc(C(=O)O)cc(N(C)C)c2)C(OC)=C1CN(C)O. The fourth-order valence-electron chi connectivity index (χ4n) is 2.53. The maximum Gasteiger partial charge on any atom is 0.335 e. The molecule has 1 heterocycles. The molecule has 1 aliphatic rings. The van der Waals surface area contributed by atoms with Crippen LogP contribution in [-0.2, 0) is 4.74 Å². The third-order valence-corrected chi connectivity index (χ3v) is 7.76. The number of carboxylic acid groups (broad SMARTS) is 1. The molecule has 0 aromatic heterocycles. The van der Waals surface area contributed by atoms with Gasteiger partial charge in [0.15, 0.2) is 3.76 Å². The van der Waals surface area contributed by atoms with Crippen molar-refractivity contribution in [2.75, 3.05) is 39.7 Å². The topological polar surface area (TPSA) is 73.2 Å². The Bertz CT molecular complexity index is 881. The number of carboxylic acids is 1. The Morgan fingerprint density at radius 1 is 1.31 bits per heavy atom. The molecule has 1 aromatic carbocycles. The van der Waals surface area contributed by atoms with Crippen molar-refractivity contribution in [1.29, 1.82) is 0 Å². The van der Waals surface area contributed by atoms with Gasteiger partial charge >= 0.3 is 5.97 Å². The highest BCUT2D eigenvalue weighted by molar-refractivity contribution is 14.2. The lowest BCUT2D eigenvalue weighted by Gasteiger charge is -2.23. The number of benzene rings is 1. The van der Waals surface area contributed by atoms with Crippen molar-refractivity contribution in [2.45, 2.75) is 0 Å². The van der Waals surface area contributed by atoms with Crippen LogP contribution in [0.3, 0.4) is 0 Å². The molecule has 2 N–H and O–H groups in total. The van der Waals surface area contributed by atoms with E-state index in [-0.39, 0.29) is 15.9 Å². The fraction of sp³-hybridized carbons (Fsp3) is 0.278. The second-order valence-electron chi connectivity index (χ2n) is 5.93. The van der Waals surface area contributed by atoms with Crippen LogP contribution >= 0.6 is 18.9 Å². The lowest BCUT2D eigenvalue weighted by molar-refractivity contribution is -0.0543. The van der Waals surface area contributed by atoms with E-state index in [2.05, 4.69) is 4.51 Å². The monoisotopic (exact) mass is 476 g/mol. The van der Waals surface area contributed by atoms with E-state index < -0.39 is 24.8 Å². The van der Waals surface area contributed by atoms with Crippen molar-refractivity contribution in [3.05, 3.63) is 44.7 Å². The molecule has 0 saturated carbocycles. The molecule has 1 aromatic rings. The van der Waals surface area contributed by atoms with Gasteiger partial charge in [-0.05, 0) is 29.8 Å². The summed E-state index contributed by atoms with van der Waals surface area (Å²) in [5.41, 5.74) is 1.75. The molecule has 0 bridgehead atoms. The van der Waals surface area contributed by atoms with Gasteiger partial charge in [-0.25, -0.2) is 9.18 Å². The first-order valence-corrected chi connectivity index (χ1v) is 11.3. The molecule has 142 valence electrons. The van der Waals surface area contributed by atoms with Gasteiger partial charge in [0.05, 0.1) is 19.2 Å². The Hall–Kier alpha value is -1.91. The molecular formula is C18H22FIN2O4. The number of hydroxylamine groups is 2. The van der Waals surface area contributed by atoms with Crippen LogP contribution in [0.15, 0.2) is 33.6 Å². The third-order valence-electron chi connectivity index (χ3n) is 3.80. The molecule has 0 unspecified atom stereocenters. The van der Waals surface area contributed by atoms with Crippen LogP contribution in [0.25, 0.3) is 5.57 Å². The van der Waals surface area contributed by atoms with Crippen molar-refractivity contribution in [3.8, 4) is 0 Å². The molecule has 1 aliphatic heterocycles. The zero-order valence-corrected chi connectivity index (χ0v) is 17.2. The maximum absolute atomic E-state index is 14.6. The van der Waals surface area contributed by atoms with E-state index in [1.54, 1.807) is 31.1 Å². The second-order valence-corrected chi connectivity index (χ2v) is 10.3. The van der Waals surface area contributed by atoms with E-state index >= 15 is 0 Å². The van der Waals surface area contributed by atoms with Gasteiger partial charge in [0.2, 0.25) is 0 Å². The van der Waals surface area contributed by atoms with Gasteiger partial charge in [0.1, 0.15) is 5.76 Å². The molecule has 0 fully saturated rings. The number of nitrogens with zero attached hydrogens (tertiary/aromatic N) is 2. The van der Waals surface area contributed by atoms with Crippen molar-refractivity contribution < 1.29 is 24.2 Å². The molecule has 26 heavy (non-hydrogen) atoms. The van der Waals surface area contributed by atoms with Crippen molar-refractivity contribution >= 4 is 44.4 Å². The fourth-order valence-corrected chi connectivity index (χ4v) is 5.84. The van der Waals surface area contributed by atoms with Gasteiger partial charge in [0, 0.05) is 36.0 Å². The summed E-state index contributed by atoms with van der Waals surface area (Å²) in [6.07, 6.45) is 1.37. The molecular weight excluding hydrogens is 454 g/mol. The van der Waals surface area contributed by atoms with Gasteiger partial charge < -0.3 is 20.0 Å². The third kappa shape index (κ3) is 4.25. The van der Waals surface area contributed by atoms with E-state index in [0.717, 1.165) is 5.06 Å². The van der Waals surface area contributed by atoms with Crippen LogP contribution in [0.2, 0.25) is 0 Å². The van der Waals surface area contributed by atoms with Gasteiger partial charge in [0.25, 0.3) is 0 Å². The standard InChI is InChI=1S/C18H22FIN2O4/c1-20-15(10-22(4)25)17(26-5)14(9-16(20)19)11-6-12(18(23)24)8-13(7-11)21(2)3/h6-9,25H,1,10H2,2-5H3,(H,23,24). The molecule has 8 heteroatoms. The van der Waals surface area contributed by atoms with Crippen LogP contribution in [0, 0.1) is 0 Å². The first-order chi connectivity index (χ1) is 12.1. The zero-order valence-electron chi connectivity index (χ0n) is 15.1. The highest BCUT2D eigenvalue weighted by Gasteiger charge is 2.23.